The van der Waals surface area contributed by atoms with Crippen molar-refractivity contribution >= 4 is 46.0 Å². The third-order valence-electron chi connectivity index (χ3n) is 9.05. The van der Waals surface area contributed by atoms with Crippen LogP contribution in [-0.2, 0) is 59.6 Å². The fraction of sp³-hybridized carbons (Fsp3) is 0.707. The van der Waals surface area contributed by atoms with Gasteiger partial charge >= 0.3 is 5.97 Å². The monoisotopic (exact) mass is 872 g/mol. The summed E-state index contributed by atoms with van der Waals surface area (Å²) in [7, 11) is -3.85. The molecule has 19 heteroatoms. The summed E-state index contributed by atoms with van der Waals surface area (Å²) in [6.07, 6.45) is 13.6. The first-order valence-electron chi connectivity index (χ1n) is 21.0. The van der Waals surface area contributed by atoms with Gasteiger partial charge in [-0.25, -0.2) is 4.79 Å². The van der Waals surface area contributed by atoms with Crippen LogP contribution in [0.5, 0.6) is 0 Å². The Kier molecular flexibility index (Phi) is 32.2. The number of carbonyl (C=O) groups excluding carboxylic acids is 5. The van der Waals surface area contributed by atoms with Crippen LogP contribution in [0.2, 0.25) is 0 Å². The van der Waals surface area contributed by atoms with E-state index in [2.05, 4.69) is 21.3 Å². The van der Waals surface area contributed by atoms with E-state index < -0.39 is 22.1 Å². The second kappa shape index (κ2) is 35.7. The first kappa shape index (κ1) is 54.0. The van der Waals surface area contributed by atoms with Crippen molar-refractivity contribution in [3.63, 3.8) is 0 Å². The number of ether oxygens (including phenoxy) is 4. The van der Waals surface area contributed by atoms with Crippen molar-refractivity contribution in [2.75, 3.05) is 71.7 Å². The van der Waals surface area contributed by atoms with Gasteiger partial charge in [0.1, 0.15) is 25.5 Å². The standard InChI is InChI=1S/C41H68N4O14S/c46-31-35-17-15-34(16-18-35)30-44-40(50)33-59-28-26-57-24-22-43-39(49)32-58-27-25-56-23-21-42-37(47)20-19-36(41(51)52)45-38(48)14-12-10-8-6-4-2-1-3-5-7-9-11-13-29-60(53,54)55/h15-18,31,36H,1-14,19-30,32-33H2,(H,42,47)(H,43,49)(H,44,50)(H,45,48)(H,51,52)(H,53,54,55)/t36-/m0/s1. The quantitative estimate of drug-likeness (QED) is 0.0315. The highest BCUT2D eigenvalue weighted by molar-refractivity contribution is 7.85. The van der Waals surface area contributed by atoms with E-state index >= 15 is 0 Å². The summed E-state index contributed by atoms with van der Waals surface area (Å²) in [5.41, 5.74) is 1.42. The van der Waals surface area contributed by atoms with E-state index in [0.717, 1.165) is 82.5 Å². The summed E-state index contributed by atoms with van der Waals surface area (Å²) in [6.45, 7) is 1.74. The molecule has 1 atom stereocenters. The molecule has 0 aliphatic carbocycles. The van der Waals surface area contributed by atoms with Crippen LogP contribution in [-0.4, -0.2) is 132 Å². The van der Waals surface area contributed by atoms with Crippen molar-refractivity contribution in [2.45, 2.75) is 115 Å². The number of carbonyl (C=O) groups is 6. The number of carboxylic acid groups (broad SMARTS) is 1. The van der Waals surface area contributed by atoms with Crippen LogP contribution in [0.4, 0.5) is 0 Å². The average molecular weight is 873 g/mol. The summed E-state index contributed by atoms with van der Waals surface area (Å²) in [5.74, 6) is -2.68. The molecule has 1 rings (SSSR count). The van der Waals surface area contributed by atoms with Crippen LogP contribution < -0.4 is 21.3 Å². The molecule has 0 fully saturated rings. The molecule has 342 valence electrons. The van der Waals surface area contributed by atoms with E-state index in [1.54, 1.807) is 24.3 Å². The van der Waals surface area contributed by atoms with Crippen molar-refractivity contribution in [3.05, 3.63) is 35.4 Å². The van der Waals surface area contributed by atoms with Gasteiger partial charge in [-0.1, -0.05) is 94.9 Å². The molecule has 0 saturated carbocycles. The molecule has 0 aliphatic rings. The smallest absolute Gasteiger partial charge is 0.326 e. The average Bonchev–Trinajstić information content (AvgIpc) is 3.21. The molecular weight excluding hydrogens is 805 g/mol. The molecule has 0 aliphatic heterocycles. The number of nitrogens with one attached hydrogen (secondary N) is 4. The van der Waals surface area contributed by atoms with E-state index in [-0.39, 0.29) is 115 Å². The molecule has 0 bridgehead atoms. The number of carboxylic acids is 1. The fourth-order valence-corrected chi connectivity index (χ4v) is 6.28. The van der Waals surface area contributed by atoms with E-state index in [0.29, 0.717) is 24.9 Å². The van der Waals surface area contributed by atoms with Crippen LogP contribution in [0, 0.1) is 0 Å². The Bertz CT molecular complexity index is 1460. The highest BCUT2D eigenvalue weighted by Gasteiger charge is 2.20. The third-order valence-corrected chi connectivity index (χ3v) is 9.86. The van der Waals surface area contributed by atoms with Gasteiger partial charge in [0.05, 0.1) is 45.4 Å². The predicted octanol–water partition coefficient (Wildman–Crippen LogP) is 3.11. The molecule has 0 heterocycles. The van der Waals surface area contributed by atoms with E-state index in [1.165, 1.54) is 0 Å². The Hall–Kier alpha value is -4.01. The Morgan fingerprint density at radius 3 is 1.55 bits per heavy atom. The molecule has 1 aromatic carbocycles. The van der Waals surface area contributed by atoms with Crippen LogP contribution in [0.3, 0.4) is 0 Å². The molecular formula is C41H68N4O14S. The van der Waals surface area contributed by atoms with Crippen LogP contribution in [0.1, 0.15) is 119 Å². The van der Waals surface area contributed by atoms with Gasteiger partial charge in [0.25, 0.3) is 10.1 Å². The molecule has 0 aromatic heterocycles. The van der Waals surface area contributed by atoms with Gasteiger partial charge in [0.2, 0.25) is 23.6 Å². The minimum absolute atomic E-state index is 0.0402. The molecule has 4 amide bonds. The highest BCUT2D eigenvalue weighted by atomic mass is 32.2. The zero-order valence-corrected chi connectivity index (χ0v) is 35.8. The minimum Gasteiger partial charge on any atom is -0.480 e. The topological polar surface area (TPSA) is 262 Å². The zero-order valence-electron chi connectivity index (χ0n) is 35.0. The van der Waals surface area contributed by atoms with Gasteiger partial charge in [0, 0.05) is 38.0 Å². The highest BCUT2D eigenvalue weighted by Crippen LogP contribution is 2.13. The molecule has 0 unspecified atom stereocenters. The maximum absolute atomic E-state index is 12.3. The third kappa shape index (κ3) is 33.8. The first-order valence-corrected chi connectivity index (χ1v) is 22.6. The van der Waals surface area contributed by atoms with Crippen molar-refractivity contribution < 1.29 is 65.8 Å². The Morgan fingerprint density at radius 2 is 1.05 bits per heavy atom. The molecule has 60 heavy (non-hydrogen) atoms. The minimum atomic E-state index is -3.85. The van der Waals surface area contributed by atoms with Crippen molar-refractivity contribution in [2.24, 2.45) is 0 Å². The summed E-state index contributed by atoms with van der Waals surface area (Å²) in [4.78, 5) is 70.6. The number of hydrogen-bond acceptors (Lipinski definition) is 12. The molecule has 1 aromatic rings. The van der Waals surface area contributed by atoms with Crippen molar-refractivity contribution in [3.8, 4) is 0 Å². The summed E-state index contributed by atoms with van der Waals surface area (Å²) >= 11 is 0. The van der Waals surface area contributed by atoms with Crippen molar-refractivity contribution in [1.29, 1.82) is 0 Å². The lowest BCUT2D eigenvalue weighted by atomic mass is 10.0. The number of hydrogen-bond donors (Lipinski definition) is 6. The summed E-state index contributed by atoms with van der Waals surface area (Å²) in [6, 6.07) is 5.71. The SMILES string of the molecule is O=Cc1ccc(CNC(=O)COCCOCCNC(=O)COCCOCCNC(=O)CC[C@H](NC(=O)CCCCCCCCCCCCCCCS(=O)(=O)O)C(=O)O)cc1. The molecule has 0 spiro atoms. The van der Waals surface area contributed by atoms with Crippen LogP contribution >= 0.6 is 0 Å². The number of amides is 4. The number of rotatable bonds is 40. The fourth-order valence-electron chi connectivity index (χ4n) is 5.71. The Morgan fingerprint density at radius 1 is 0.583 bits per heavy atom. The first-order chi connectivity index (χ1) is 28.9. The number of unbranched alkanes of at least 4 members (excludes halogenated alkanes) is 12. The van der Waals surface area contributed by atoms with Gasteiger partial charge in [-0.05, 0) is 24.8 Å². The number of benzene rings is 1. The van der Waals surface area contributed by atoms with Gasteiger partial charge in [-0.3, -0.25) is 28.5 Å². The second-order valence-corrected chi connectivity index (χ2v) is 15.9. The van der Waals surface area contributed by atoms with Crippen LogP contribution in [0.15, 0.2) is 24.3 Å². The molecule has 0 radical (unpaired) electrons. The lowest BCUT2D eigenvalue weighted by Gasteiger charge is -2.14. The number of aliphatic carboxylic acids is 1. The van der Waals surface area contributed by atoms with Crippen LogP contribution in [0.25, 0.3) is 0 Å². The zero-order chi connectivity index (χ0) is 44.1. The van der Waals surface area contributed by atoms with E-state index in [4.69, 9.17) is 23.5 Å². The molecule has 0 saturated heterocycles. The largest absolute Gasteiger partial charge is 0.480 e. The lowest BCUT2D eigenvalue weighted by Crippen LogP contribution is -2.41. The second-order valence-electron chi connectivity index (χ2n) is 14.3. The number of aldehydes is 1. The normalized spacial score (nSPS) is 11.8. The van der Waals surface area contributed by atoms with Gasteiger partial charge in [-0.15, -0.1) is 0 Å². The van der Waals surface area contributed by atoms with Crippen molar-refractivity contribution in [1.82, 2.24) is 21.3 Å². The van der Waals surface area contributed by atoms with E-state index in [9.17, 15) is 42.3 Å². The van der Waals surface area contributed by atoms with Gasteiger partial charge in [0.15, 0.2) is 0 Å². The van der Waals surface area contributed by atoms with E-state index in [1.807, 2.05) is 0 Å². The summed E-state index contributed by atoms with van der Waals surface area (Å²) in [5, 5.41) is 20.0. The summed E-state index contributed by atoms with van der Waals surface area (Å²) < 4.78 is 51.4. The van der Waals surface area contributed by atoms with Gasteiger partial charge in [-0.2, -0.15) is 8.42 Å². The molecule has 18 nitrogen and oxygen atoms in total. The Labute approximate surface area is 354 Å². The maximum atomic E-state index is 12.3. The molecule has 6 N–H and O–H groups in total. The lowest BCUT2D eigenvalue weighted by molar-refractivity contribution is -0.142. The maximum Gasteiger partial charge on any atom is 0.326 e. The Balaban J connectivity index is 1.92. The predicted molar refractivity (Wildman–Crippen MR) is 223 cm³/mol. The van der Waals surface area contributed by atoms with Gasteiger partial charge < -0.3 is 45.3 Å².